The van der Waals surface area contributed by atoms with E-state index in [1.165, 1.54) is 11.3 Å². The fraction of sp³-hybridized carbons (Fsp3) is 0.333. The molecule has 0 bridgehead atoms. The van der Waals surface area contributed by atoms with Gasteiger partial charge in [-0.3, -0.25) is 14.6 Å². The molecule has 0 atom stereocenters. The molecule has 0 unspecified atom stereocenters. The zero-order valence-corrected chi connectivity index (χ0v) is 14.7. The SMILES string of the molecule is CCc1nn(C)c2n[nH]c(NC(=O)c3cc4c(C)nn(C)c4s3)c12. The number of amides is 1. The van der Waals surface area contributed by atoms with Gasteiger partial charge in [-0.1, -0.05) is 6.92 Å². The minimum atomic E-state index is -0.160. The number of carbonyl (C=O) groups is 1. The Balaban J connectivity index is 1.71. The fourth-order valence-corrected chi connectivity index (χ4v) is 3.97. The molecule has 0 aliphatic heterocycles. The predicted octanol–water partition coefficient (Wildman–Crippen LogP) is 2.37. The molecule has 2 N–H and O–H groups in total. The van der Waals surface area contributed by atoms with Crippen molar-refractivity contribution in [3.8, 4) is 0 Å². The highest BCUT2D eigenvalue weighted by Crippen LogP contribution is 2.29. The molecule has 0 aliphatic rings. The highest BCUT2D eigenvalue weighted by Gasteiger charge is 2.20. The highest BCUT2D eigenvalue weighted by molar-refractivity contribution is 7.20. The van der Waals surface area contributed by atoms with Gasteiger partial charge in [0.25, 0.3) is 5.91 Å². The molecule has 0 fully saturated rings. The maximum Gasteiger partial charge on any atom is 0.266 e. The van der Waals surface area contributed by atoms with E-state index in [1.54, 1.807) is 9.36 Å². The maximum atomic E-state index is 12.6. The van der Waals surface area contributed by atoms with Crippen LogP contribution >= 0.6 is 11.3 Å². The normalized spacial score (nSPS) is 11.7. The largest absolute Gasteiger partial charge is 0.306 e. The molecule has 24 heavy (non-hydrogen) atoms. The first kappa shape index (κ1) is 14.9. The summed E-state index contributed by atoms with van der Waals surface area (Å²) in [5, 5.41) is 20.8. The second-order valence-electron chi connectivity index (χ2n) is 5.71. The molecular weight excluding hydrogens is 326 g/mol. The quantitative estimate of drug-likeness (QED) is 0.597. The first-order valence-corrected chi connectivity index (χ1v) is 8.45. The van der Waals surface area contributed by atoms with E-state index in [0.29, 0.717) is 10.7 Å². The maximum absolute atomic E-state index is 12.6. The van der Waals surface area contributed by atoms with Crippen LogP contribution in [0.1, 0.15) is 28.0 Å². The Morgan fingerprint density at radius 1 is 1.33 bits per heavy atom. The first-order chi connectivity index (χ1) is 11.5. The topological polar surface area (TPSA) is 93.4 Å². The molecule has 9 heteroatoms. The second kappa shape index (κ2) is 5.17. The van der Waals surface area contributed by atoms with Crippen molar-refractivity contribution in [1.82, 2.24) is 29.8 Å². The number of hydrogen-bond acceptors (Lipinski definition) is 5. The molecule has 0 aliphatic carbocycles. The van der Waals surface area contributed by atoms with Crippen molar-refractivity contribution in [1.29, 1.82) is 0 Å². The molecule has 0 saturated carbocycles. The molecule has 0 saturated heterocycles. The molecular formula is C15H17N7OS. The standard InChI is InChI=1S/C15H17N7OS/c1-5-9-11-12(17-18-13(11)21(3)20-9)16-14(23)10-6-8-7(2)19-22(4)15(8)24-10/h6H,5H2,1-4H3,(H2,16,17,18,23). The third-order valence-electron chi connectivity index (χ3n) is 4.11. The van der Waals surface area contributed by atoms with Gasteiger partial charge in [-0.15, -0.1) is 11.3 Å². The second-order valence-corrected chi connectivity index (χ2v) is 6.74. The molecule has 4 rings (SSSR count). The summed E-state index contributed by atoms with van der Waals surface area (Å²) in [5.41, 5.74) is 2.57. The number of hydrogen-bond donors (Lipinski definition) is 2. The lowest BCUT2D eigenvalue weighted by Crippen LogP contribution is -2.11. The Labute approximate surface area is 141 Å². The number of H-pyrrole nitrogens is 1. The minimum Gasteiger partial charge on any atom is -0.306 e. The molecule has 0 radical (unpaired) electrons. The van der Waals surface area contributed by atoms with Crippen LogP contribution in [-0.4, -0.2) is 35.7 Å². The summed E-state index contributed by atoms with van der Waals surface area (Å²) in [6, 6.07) is 1.88. The van der Waals surface area contributed by atoms with Gasteiger partial charge in [0.2, 0.25) is 0 Å². The number of anilines is 1. The van der Waals surface area contributed by atoms with Gasteiger partial charge in [-0.05, 0) is 19.4 Å². The van der Waals surface area contributed by atoms with Crippen molar-refractivity contribution in [3.05, 3.63) is 22.3 Å². The number of carbonyl (C=O) groups excluding carboxylic acids is 1. The lowest BCUT2D eigenvalue weighted by molar-refractivity contribution is 0.103. The minimum absolute atomic E-state index is 0.160. The van der Waals surface area contributed by atoms with Gasteiger partial charge in [0.05, 0.1) is 21.7 Å². The number of nitrogens with zero attached hydrogens (tertiary/aromatic N) is 5. The van der Waals surface area contributed by atoms with Crippen LogP contribution in [0.5, 0.6) is 0 Å². The van der Waals surface area contributed by atoms with Crippen molar-refractivity contribution < 1.29 is 4.79 Å². The number of fused-ring (bicyclic) bond motifs is 2. The monoisotopic (exact) mass is 343 g/mol. The lowest BCUT2D eigenvalue weighted by Gasteiger charge is -2.01. The summed E-state index contributed by atoms with van der Waals surface area (Å²) in [5.74, 6) is 0.430. The van der Waals surface area contributed by atoms with Gasteiger partial charge in [-0.25, -0.2) is 4.68 Å². The third-order valence-corrected chi connectivity index (χ3v) is 5.31. The van der Waals surface area contributed by atoms with Crippen LogP contribution in [0, 0.1) is 6.92 Å². The molecule has 0 aromatic carbocycles. The van der Waals surface area contributed by atoms with Crippen LogP contribution in [0.2, 0.25) is 0 Å². The molecule has 4 aromatic rings. The van der Waals surface area contributed by atoms with Gasteiger partial charge >= 0.3 is 0 Å². The third kappa shape index (κ3) is 2.04. The summed E-state index contributed by atoms with van der Waals surface area (Å²) in [6.45, 7) is 3.97. The average Bonchev–Trinajstić information content (AvgIpc) is 3.26. The zero-order chi connectivity index (χ0) is 17.0. The Bertz CT molecular complexity index is 1050. The Kier molecular flexibility index (Phi) is 3.20. The van der Waals surface area contributed by atoms with Gasteiger partial charge in [-0.2, -0.15) is 15.3 Å². The smallest absolute Gasteiger partial charge is 0.266 e. The van der Waals surface area contributed by atoms with Gasteiger partial charge in [0.1, 0.15) is 10.6 Å². The Morgan fingerprint density at radius 3 is 2.83 bits per heavy atom. The van der Waals surface area contributed by atoms with Crippen molar-refractivity contribution in [2.75, 3.05) is 5.32 Å². The molecule has 1 amide bonds. The first-order valence-electron chi connectivity index (χ1n) is 7.64. The fourth-order valence-electron chi connectivity index (χ4n) is 2.95. The van der Waals surface area contributed by atoms with Crippen LogP contribution in [0.15, 0.2) is 6.07 Å². The van der Waals surface area contributed by atoms with Crippen LogP contribution in [-0.2, 0) is 20.5 Å². The number of nitrogens with one attached hydrogen (secondary N) is 2. The average molecular weight is 343 g/mol. The Morgan fingerprint density at radius 2 is 2.12 bits per heavy atom. The lowest BCUT2D eigenvalue weighted by atomic mass is 10.2. The molecule has 8 nitrogen and oxygen atoms in total. The summed E-state index contributed by atoms with van der Waals surface area (Å²) in [7, 11) is 3.73. The summed E-state index contributed by atoms with van der Waals surface area (Å²) in [4.78, 5) is 14.3. The van der Waals surface area contributed by atoms with Gasteiger partial charge in [0, 0.05) is 19.5 Å². The van der Waals surface area contributed by atoms with Gasteiger partial charge < -0.3 is 5.32 Å². The van der Waals surface area contributed by atoms with Crippen LogP contribution in [0.4, 0.5) is 5.82 Å². The molecule has 0 spiro atoms. The van der Waals surface area contributed by atoms with Crippen molar-refractivity contribution in [2.45, 2.75) is 20.3 Å². The summed E-state index contributed by atoms with van der Waals surface area (Å²) >= 11 is 1.43. The van der Waals surface area contributed by atoms with Crippen LogP contribution in [0.25, 0.3) is 21.3 Å². The molecule has 4 aromatic heterocycles. The van der Waals surface area contributed by atoms with Crippen LogP contribution in [0.3, 0.4) is 0 Å². The predicted molar refractivity (Wildman–Crippen MR) is 93.5 cm³/mol. The highest BCUT2D eigenvalue weighted by atomic mass is 32.1. The van der Waals surface area contributed by atoms with E-state index in [4.69, 9.17) is 0 Å². The number of thiophene rings is 1. The van der Waals surface area contributed by atoms with Crippen molar-refractivity contribution in [2.24, 2.45) is 14.1 Å². The number of aromatic nitrogens is 6. The summed E-state index contributed by atoms with van der Waals surface area (Å²) in [6.07, 6.45) is 0.771. The molecule has 4 heterocycles. The van der Waals surface area contributed by atoms with Crippen molar-refractivity contribution in [3.63, 3.8) is 0 Å². The molecule has 124 valence electrons. The van der Waals surface area contributed by atoms with E-state index < -0.39 is 0 Å². The van der Waals surface area contributed by atoms with E-state index >= 15 is 0 Å². The number of rotatable bonds is 3. The number of aryl methyl sites for hydroxylation is 4. The van der Waals surface area contributed by atoms with E-state index in [-0.39, 0.29) is 5.91 Å². The zero-order valence-electron chi connectivity index (χ0n) is 13.8. The van der Waals surface area contributed by atoms with E-state index in [2.05, 4.69) is 25.7 Å². The van der Waals surface area contributed by atoms with Crippen LogP contribution < -0.4 is 5.32 Å². The van der Waals surface area contributed by atoms with E-state index in [0.717, 1.165) is 39.1 Å². The van der Waals surface area contributed by atoms with E-state index in [9.17, 15) is 4.79 Å². The number of aromatic amines is 1. The van der Waals surface area contributed by atoms with Crippen molar-refractivity contribution >= 4 is 44.3 Å². The van der Waals surface area contributed by atoms with Gasteiger partial charge in [0.15, 0.2) is 5.65 Å². The summed E-state index contributed by atoms with van der Waals surface area (Å²) < 4.78 is 3.52. The van der Waals surface area contributed by atoms with E-state index in [1.807, 2.05) is 34.0 Å². The Hall–Kier alpha value is -2.68.